The summed E-state index contributed by atoms with van der Waals surface area (Å²) in [4.78, 5) is 0. The van der Waals surface area contributed by atoms with Gasteiger partial charge in [0.15, 0.2) is 0 Å². The summed E-state index contributed by atoms with van der Waals surface area (Å²) in [5.74, 6) is 1.54. The molecule has 106 valence electrons. The monoisotopic (exact) mass is 283 g/mol. The van der Waals surface area contributed by atoms with Crippen LogP contribution in [0.25, 0.3) is 0 Å². The molecule has 1 atom stereocenters. The predicted molar refractivity (Wildman–Crippen MR) is 80.2 cm³/mol. The van der Waals surface area contributed by atoms with E-state index in [1.54, 1.807) is 7.11 Å². The average molecular weight is 284 g/mol. The molecule has 3 nitrogen and oxygen atoms in total. The van der Waals surface area contributed by atoms with Crippen molar-refractivity contribution in [2.75, 3.05) is 20.3 Å². The van der Waals surface area contributed by atoms with E-state index in [1.165, 1.54) is 0 Å². The van der Waals surface area contributed by atoms with Gasteiger partial charge in [-0.05, 0) is 26.0 Å². The van der Waals surface area contributed by atoms with E-state index < -0.39 is 0 Å². The molecular weight excluding hydrogens is 262 g/mol. The van der Waals surface area contributed by atoms with Gasteiger partial charge in [0.25, 0.3) is 0 Å². The van der Waals surface area contributed by atoms with E-state index >= 15 is 0 Å². The Bertz CT molecular complexity index is 421. The van der Waals surface area contributed by atoms with E-state index in [2.05, 4.69) is 25.7 Å². The molecule has 0 aliphatic heterocycles. The third kappa shape index (κ3) is 5.13. The standard InChI is InChI=1S/C15H22ClNO2/c1-5-8-17-12(3)14-7-6-13(18-4)9-15(14)19-10-11(2)16/h6-7,9,12,17H,2,5,8,10H2,1,3-4H3. The fraction of sp³-hybridized carbons (Fsp3) is 0.467. The zero-order chi connectivity index (χ0) is 14.3. The van der Waals surface area contributed by atoms with Gasteiger partial charge in [0, 0.05) is 22.7 Å². The van der Waals surface area contributed by atoms with Gasteiger partial charge in [-0.2, -0.15) is 0 Å². The van der Waals surface area contributed by atoms with Gasteiger partial charge < -0.3 is 14.8 Å². The first-order chi connectivity index (χ1) is 9.08. The largest absolute Gasteiger partial charge is 0.497 e. The minimum atomic E-state index is 0.212. The maximum atomic E-state index is 5.75. The Kier molecular flexibility index (Phi) is 6.74. The van der Waals surface area contributed by atoms with E-state index in [0.29, 0.717) is 11.6 Å². The summed E-state index contributed by atoms with van der Waals surface area (Å²) in [5, 5.41) is 3.91. The molecule has 0 saturated heterocycles. The number of benzene rings is 1. The number of halogens is 1. The van der Waals surface area contributed by atoms with E-state index in [-0.39, 0.29) is 6.04 Å². The van der Waals surface area contributed by atoms with E-state index in [0.717, 1.165) is 30.0 Å². The molecular formula is C15H22ClNO2. The number of ether oxygens (including phenoxy) is 2. The van der Waals surface area contributed by atoms with Crippen LogP contribution in [0, 0.1) is 0 Å². The molecule has 0 bridgehead atoms. The molecule has 0 aliphatic rings. The highest BCUT2D eigenvalue weighted by Gasteiger charge is 2.12. The van der Waals surface area contributed by atoms with Crippen LogP contribution in [0.5, 0.6) is 11.5 Å². The van der Waals surface area contributed by atoms with Gasteiger partial charge in [0.05, 0.1) is 7.11 Å². The van der Waals surface area contributed by atoms with Crippen molar-refractivity contribution in [3.05, 3.63) is 35.4 Å². The van der Waals surface area contributed by atoms with Gasteiger partial charge in [-0.3, -0.25) is 0 Å². The van der Waals surface area contributed by atoms with Crippen LogP contribution in [0.2, 0.25) is 0 Å². The summed E-state index contributed by atoms with van der Waals surface area (Å²) in [6.45, 7) is 9.14. The van der Waals surface area contributed by atoms with Crippen LogP contribution < -0.4 is 14.8 Å². The van der Waals surface area contributed by atoms with Crippen molar-refractivity contribution in [2.24, 2.45) is 0 Å². The van der Waals surface area contributed by atoms with Crippen molar-refractivity contribution in [1.29, 1.82) is 0 Å². The SMILES string of the molecule is C=C(Cl)COc1cc(OC)ccc1C(C)NCCC. The molecule has 0 radical (unpaired) electrons. The van der Waals surface area contributed by atoms with E-state index in [4.69, 9.17) is 21.1 Å². The molecule has 0 fully saturated rings. The van der Waals surface area contributed by atoms with Gasteiger partial charge in [0.2, 0.25) is 0 Å². The number of methoxy groups -OCH3 is 1. The Balaban J connectivity index is 2.90. The summed E-state index contributed by atoms with van der Waals surface area (Å²) < 4.78 is 10.9. The summed E-state index contributed by atoms with van der Waals surface area (Å²) in [5.41, 5.74) is 1.09. The summed E-state index contributed by atoms with van der Waals surface area (Å²) in [6.07, 6.45) is 1.09. The predicted octanol–water partition coefficient (Wildman–Crippen LogP) is 3.89. The van der Waals surface area contributed by atoms with Crippen molar-refractivity contribution in [3.63, 3.8) is 0 Å². The average Bonchev–Trinajstić information content (AvgIpc) is 2.42. The molecule has 19 heavy (non-hydrogen) atoms. The fourth-order valence-corrected chi connectivity index (χ4v) is 1.81. The van der Waals surface area contributed by atoms with Crippen molar-refractivity contribution < 1.29 is 9.47 Å². The molecule has 1 aromatic rings. The van der Waals surface area contributed by atoms with Crippen molar-refractivity contribution in [2.45, 2.75) is 26.3 Å². The molecule has 0 amide bonds. The molecule has 0 aliphatic carbocycles. The summed E-state index contributed by atoms with van der Waals surface area (Å²) in [6, 6.07) is 6.03. The lowest BCUT2D eigenvalue weighted by molar-refractivity contribution is 0.345. The molecule has 0 aromatic heterocycles. The second kappa shape index (κ2) is 8.08. The Morgan fingerprint density at radius 3 is 2.79 bits per heavy atom. The number of hydrogen-bond acceptors (Lipinski definition) is 3. The molecule has 1 N–H and O–H groups in total. The minimum absolute atomic E-state index is 0.212. The van der Waals surface area contributed by atoms with Gasteiger partial charge >= 0.3 is 0 Å². The Morgan fingerprint density at radius 2 is 2.21 bits per heavy atom. The first kappa shape index (κ1) is 15.9. The lowest BCUT2D eigenvalue weighted by Gasteiger charge is -2.19. The Labute approximate surface area is 120 Å². The fourth-order valence-electron chi connectivity index (χ4n) is 1.75. The van der Waals surface area contributed by atoms with Crippen LogP contribution >= 0.6 is 11.6 Å². The van der Waals surface area contributed by atoms with Crippen LogP contribution in [0.15, 0.2) is 29.8 Å². The van der Waals surface area contributed by atoms with Gasteiger partial charge in [-0.1, -0.05) is 31.2 Å². The highest BCUT2D eigenvalue weighted by Crippen LogP contribution is 2.30. The van der Waals surface area contributed by atoms with Gasteiger partial charge in [-0.15, -0.1) is 0 Å². The minimum Gasteiger partial charge on any atom is -0.497 e. The highest BCUT2D eigenvalue weighted by atomic mass is 35.5. The first-order valence-electron chi connectivity index (χ1n) is 6.45. The Morgan fingerprint density at radius 1 is 1.47 bits per heavy atom. The van der Waals surface area contributed by atoms with Gasteiger partial charge in [0.1, 0.15) is 18.1 Å². The number of rotatable bonds is 8. The van der Waals surface area contributed by atoms with Crippen molar-refractivity contribution in [1.82, 2.24) is 5.32 Å². The second-order valence-electron chi connectivity index (χ2n) is 4.39. The lowest BCUT2D eigenvalue weighted by Crippen LogP contribution is -2.20. The topological polar surface area (TPSA) is 30.5 Å². The van der Waals surface area contributed by atoms with Crippen molar-refractivity contribution in [3.8, 4) is 11.5 Å². The van der Waals surface area contributed by atoms with Gasteiger partial charge in [-0.25, -0.2) is 0 Å². The quantitative estimate of drug-likeness (QED) is 0.785. The molecule has 0 heterocycles. The lowest BCUT2D eigenvalue weighted by atomic mass is 10.1. The Hall–Kier alpha value is -1.19. The van der Waals surface area contributed by atoms with E-state index in [1.807, 2.05) is 18.2 Å². The van der Waals surface area contributed by atoms with Crippen LogP contribution in [0.3, 0.4) is 0 Å². The molecule has 0 saturated carbocycles. The molecule has 1 aromatic carbocycles. The summed E-state index contributed by atoms with van der Waals surface area (Å²) in [7, 11) is 1.64. The van der Waals surface area contributed by atoms with Crippen LogP contribution in [-0.4, -0.2) is 20.3 Å². The van der Waals surface area contributed by atoms with Crippen LogP contribution in [-0.2, 0) is 0 Å². The summed E-state index contributed by atoms with van der Waals surface area (Å²) >= 11 is 5.75. The van der Waals surface area contributed by atoms with Crippen LogP contribution in [0.1, 0.15) is 31.9 Å². The molecule has 4 heteroatoms. The highest BCUT2D eigenvalue weighted by molar-refractivity contribution is 6.29. The zero-order valence-corrected chi connectivity index (χ0v) is 12.6. The van der Waals surface area contributed by atoms with Crippen LogP contribution in [0.4, 0.5) is 0 Å². The van der Waals surface area contributed by atoms with Crippen molar-refractivity contribution >= 4 is 11.6 Å². The first-order valence-corrected chi connectivity index (χ1v) is 6.83. The smallest absolute Gasteiger partial charge is 0.128 e. The number of nitrogens with one attached hydrogen (secondary N) is 1. The maximum Gasteiger partial charge on any atom is 0.128 e. The molecule has 1 unspecified atom stereocenters. The third-order valence-electron chi connectivity index (χ3n) is 2.77. The zero-order valence-electron chi connectivity index (χ0n) is 11.8. The maximum absolute atomic E-state index is 5.75. The number of hydrogen-bond donors (Lipinski definition) is 1. The molecule has 0 spiro atoms. The second-order valence-corrected chi connectivity index (χ2v) is 4.92. The molecule has 1 rings (SSSR count). The third-order valence-corrected chi connectivity index (χ3v) is 2.88. The normalized spacial score (nSPS) is 12.0. The van der Waals surface area contributed by atoms with E-state index in [9.17, 15) is 0 Å².